The van der Waals surface area contributed by atoms with E-state index in [9.17, 15) is 14.9 Å². The molecule has 1 saturated heterocycles. The van der Waals surface area contributed by atoms with Crippen molar-refractivity contribution in [2.24, 2.45) is 0 Å². The fraction of sp³-hybridized carbons (Fsp3) is 0.611. The molecule has 1 heterocycles. The Bertz CT molecular complexity index is 647. The van der Waals surface area contributed by atoms with Crippen LogP contribution in [-0.2, 0) is 16.1 Å². The Kier molecular flexibility index (Phi) is 5.34. The predicted octanol–water partition coefficient (Wildman–Crippen LogP) is 2.24. The average Bonchev–Trinajstić information content (AvgIpc) is 2.57. The van der Waals surface area contributed by atoms with E-state index in [-0.39, 0.29) is 28.2 Å². The fourth-order valence-electron chi connectivity index (χ4n) is 4.06. The lowest BCUT2D eigenvalue weighted by molar-refractivity contribution is -0.384. The van der Waals surface area contributed by atoms with Crippen LogP contribution in [0.25, 0.3) is 0 Å². The van der Waals surface area contributed by atoms with Crippen molar-refractivity contribution < 1.29 is 14.5 Å². The Balaban J connectivity index is 1.72. The summed E-state index contributed by atoms with van der Waals surface area (Å²) >= 11 is 0. The first kappa shape index (κ1) is 17.8. The monoisotopic (exact) mass is 347 g/mol. The number of nitro benzene ring substituents is 1. The molecule has 3 rings (SSSR count). The predicted molar refractivity (Wildman–Crippen MR) is 93.1 cm³/mol. The van der Waals surface area contributed by atoms with Gasteiger partial charge in [-0.15, -0.1) is 0 Å². The van der Waals surface area contributed by atoms with Crippen molar-refractivity contribution in [2.45, 2.75) is 50.8 Å². The molecule has 2 aliphatic rings. The van der Waals surface area contributed by atoms with Gasteiger partial charge in [-0.05, 0) is 18.4 Å². The molecule has 1 saturated carbocycles. The Morgan fingerprint density at radius 2 is 2.32 bits per heavy atom. The van der Waals surface area contributed by atoms with Gasteiger partial charge in [0, 0.05) is 38.7 Å². The second-order valence-corrected chi connectivity index (χ2v) is 7.05. The van der Waals surface area contributed by atoms with Gasteiger partial charge in [-0.2, -0.15) is 0 Å². The molecule has 25 heavy (non-hydrogen) atoms. The molecule has 0 aromatic heterocycles. The van der Waals surface area contributed by atoms with Crippen LogP contribution in [0.15, 0.2) is 24.3 Å². The Morgan fingerprint density at radius 3 is 3.08 bits per heavy atom. The van der Waals surface area contributed by atoms with Gasteiger partial charge >= 0.3 is 0 Å². The first-order valence-corrected chi connectivity index (χ1v) is 8.85. The highest BCUT2D eigenvalue weighted by molar-refractivity contribution is 5.73. The molecule has 1 aromatic rings. The van der Waals surface area contributed by atoms with Gasteiger partial charge in [-0.25, -0.2) is 0 Å². The summed E-state index contributed by atoms with van der Waals surface area (Å²) in [5.74, 6) is -0.0225. The highest BCUT2D eigenvalue weighted by atomic mass is 16.6. The zero-order chi connectivity index (χ0) is 17.9. The summed E-state index contributed by atoms with van der Waals surface area (Å²) < 4.78 is 6.19. The number of rotatable bonds is 4. The molecule has 7 heteroatoms. The van der Waals surface area contributed by atoms with Crippen molar-refractivity contribution >= 4 is 11.6 Å². The minimum Gasteiger partial charge on any atom is -0.370 e. The van der Waals surface area contributed by atoms with Crippen molar-refractivity contribution in [1.29, 1.82) is 0 Å². The van der Waals surface area contributed by atoms with Gasteiger partial charge in [0.25, 0.3) is 5.69 Å². The molecule has 0 bridgehead atoms. The largest absolute Gasteiger partial charge is 0.370 e. The molecule has 7 nitrogen and oxygen atoms in total. The number of non-ortho nitro benzene ring substituents is 1. The van der Waals surface area contributed by atoms with E-state index in [1.807, 2.05) is 6.07 Å². The Morgan fingerprint density at radius 1 is 1.48 bits per heavy atom. The zero-order valence-electron chi connectivity index (χ0n) is 14.6. The van der Waals surface area contributed by atoms with E-state index >= 15 is 0 Å². The summed E-state index contributed by atoms with van der Waals surface area (Å²) in [6.45, 7) is 4.34. The minimum absolute atomic E-state index is 0.0225. The molecule has 136 valence electrons. The fourth-order valence-corrected chi connectivity index (χ4v) is 4.06. The third kappa shape index (κ3) is 4.16. The number of ether oxygens (including phenoxy) is 1. The maximum Gasteiger partial charge on any atom is 0.269 e. The van der Waals surface area contributed by atoms with Crippen molar-refractivity contribution in [3.8, 4) is 0 Å². The number of morpholine rings is 1. The number of hydrogen-bond acceptors (Lipinski definition) is 5. The lowest BCUT2D eigenvalue weighted by atomic mass is 9.78. The number of nitrogens with zero attached hydrogens (tertiary/aromatic N) is 2. The number of hydrogen-bond donors (Lipinski definition) is 1. The van der Waals surface area contributed by atoms with E-state index in [0.717, 1.165) is 44.3 Å². The van der Waals surface area contributed by atoms with E-state index in [2.05, 4.69) is 10.2 Å². The molecule has 1 aliphatic carbocycles. The van der Waals surface area contributed by atoms with Gasteiger partial charge in [0.15, 0.2) is 0 Å². The van der Waals surface area contributed by atoms with Gasteiger partial charge in [-0.3, -0.25) is 19.8 Å². The lowest BCUT2D eigenvalue weighted by Gasteiger charge is -2.49. The molecule has 1 amide bonds. The zero-order valence-corrected chi connectivity index (χ0v) is 14.6. The summed E-state index contributed by atoms with van der Waals surface area (Å²) in [6, 6.07) is 6.82. The Labute approximate surface area is 147 Å². The van der Waals surface area contributed by atoms with Crippen LogP contribution < -0.4 is 5.32 Å². The summed E-state index contributed by atoms with van der Waals surface area (Å²) in [4.78, 5) is 24.5. The normalized spacial score (nSPS) is 27.2. The number of benzene rings is 1. The molecular weight excluding hydrogens is 322 g/mol. The molecule has 2 fully saturated rings. The molecule has 1 N–H and O–H groups in total. The molecule has 1 spiro atoms. The van der Waals surface area contributed by atoms with Crippen LogP contribution in [0.1, 0.15) is 38.2 Å². The van der Waals surface area contributed by atoms with Crippen LogP contribution >= 0.6 is 0 Å². The molecular formula is C18H25N3O4. The maximum atomic E-state index is 11.6. The van der Waals surface area contributed by atoms with Crippen molar-refractivity contribution in [2.75, 3.05) is 19.7 Å². The summed E-state index contributed by atoms with van der Waals surface area (Å²) in [7, 11) is 0. The SMILES string of the molecule is CC(=O)NC1CCCCC12CN(Cc1cccc([N+](=O)[O-])c1)CCO2. The van der Waals surface area contributed by atoms with Gasteiger partial charge in [-0.1, -0.05) is 25.0 Å². The van der Waals surface area contributed by atoms with Crippen molar-refractivity contribution in [3.63, 3.8) is 0 Å². The summed E-state index contributed by atoms with van der Waals surface area (Å²) in [5.41, 5.74) is 0.704. The second-order valence-electron chi connectivity index (χ2n) is 7.05. The highest BCUT2D eigenvalue weighted by Gasteiger charge is 2.45. The topological polar surface area (TPSA) is 84.7 Å². The smallest absolute Gasteiger partial charge is 0.269 e. The van der Waals surface area contributed by atoms with Crippen LogP contribution in [0.3, 0.4) is 0 Å². The maximum absolute atomic E-state index is 11.6. The molecule has 0 radical (unpaired) electrons. The van der Waals surface area contributed by atoms with Crippen LogP contribution in [0, 0.1) is 10.1 Å². The highest BCUT2D eigenvalue weighted by Crippen LogP contribution is 2.35. The van der Waals surface area contributed by atoms with Crippen LogP contribution in [0.5, 0.6) is 0 Å². The standard InChI is InChI=1S/C18H25N3O4/c1-14(22)19-17-7-2-3-8-18(17)13-20(9-10-25-18)12-15-5-4-6-16(11-15)21(23)24/h4-6,11,17H,2-3,7-10,12-13H2,1H3,(H,19,22). The van der Waals surface area contributed by atoms with E-state index in [1.54, 1.807) is 19.1 Å². The van der Waals surface area contributed by atoms with Crippen LogP contribution in [-0.4, -0.2) is 47.1 Å². The molecule has 2 atom stereocenters. The first-order valence-electron chi connectivity index (χ1n) is 8.85. The number of nitro groups is 1. The third-order valence-corrected chi connectivity index (χ3v) is 5.17. The molecule has 1 aromatic carbocycles. The van der Waals surface area contributed by atoms with E-state index in [4.69, 9.17) is 4.74 Å². The van der Waals surface area contributed by atoms with Crippen molar-refractivity contribution in [1.82, 2.24) is 10.2 Å². The van der Waals surface area contributed by atoms with E-state index in [0.29, 0.717) is 13.2 Å². The number of nitrogens with one attached hydrogen (secondary N) is 1. The minimum atomic E-state index is -0.363. The Hall–Kier alpha value is -1.99. The van der Waals surface area contributed by atoms with Gasteiger partial charge in [0.05, 0.1) is 17.6 Å². The van der Waals surface area contributed by atoms with Gasteiger partial charge in [0.1, 0.15) is 5.60 Å². The molecule has 1 aliphatic heterocycles. The molecule has 2 unspecified atom stereocenters. The number of carbonyl (C=O) groups is 1. The number of carbonyl (C=O) groups excluding carboxylic acids is 1. The van der Waals surface area contributed by atoms with Crippen molar-refractivity contribution in [3.05, 3.63) is 39.9 Å². The average molecular weight is 347 g/mol. The van der Waals surface area contributed by atoms with E-state index in [1.165, 1.54) is 6.07 Å². The summed E-state index contributed by atoms with van der Waals surface area (Å²) in [5, 5.41) is 14.0. The van der Waals surface area contributed by atoms with Gasteiger partial charge < -0.3 is 10.1 Å². The quantitative estimate of drug-likeness (QED) is 0.667. The summed E-state index contributed by atoms with van der Waals surface area (Å²) in [6.07, 6.45) is 4.06. The second kappa shape index (κ2) is 7.49. The van der Waals surface area contributed by atoms with Crippen LogP contribution in [0.2, 0.25) is 0 Å². The van der Waals surface area contributed by atoms with Gasteiger partial charge in [0.2, 0.25) is 5.91 Å². The van der Waals surface area contributed by atoms with E-state index < -0.39 is 0 Å². The first-order chi connectivity index (χ1) is 12.0. The lowest BCUT2D eigenvalue weighted by Crippen LogP contribution is -2.63. The number of amides is 1. The third-order valence-electron chi connectivity index (χ3n) is 5.17. The van der Waals surface area contributed by atoms with Crippen LogP contribution in [0.4, 0.5) is 5.69 Å².